The summed E-state index contributed by atoms with van der Waals surface area (Å²) >= 11 is 0. The molecule has 0 bridgehead atoms. The number of ether oxygens (including phenoxy) is 1. The van der Waals surface area contributed by atoms with Crippen molar-refractivity contribution in [3.05, 3.63) is 0 Å². The second-order valence-corrected chi connectivity index (χ2v) is 2.34. The van der Waals surface area contributed by atoms with Gasteiger partial charge in [0.15, 0.2) is 0 Å². The van der Waals surface area contributed by atoms with Gasteiger partial charge in [-0.05, 0) is 13.5 Å². The molecule has 0 aliphatic carbocycles. The van der Waals surface area contributed by atoms with Crippen LogP contribution in [0.25, 0.3) is 0 Å². The highest BCUT2D eigenvalue weighted by molar-refractivity contribution is 4.61. The van der Waals surface area contributed by atoms with E-state index >= 15 is 0 Å². The van der Waals surface area contributed by atoms with Gasteiger partial charge in [-0.3, -0.25) is 4.90 Å². The van der Waals surface area contributed by atoms with Crippen molar-refractivity contribution in [2.24, 2.45) is 0 Å². The van der Waals surface area contributed by atoms with Crippen LogP contribution in [0, 0.1) is 0 Å². The van der Waals surface area contributed by atoms with Crippen LogP contribution in [0.3, 0.4) is 0 Å². The summed E-state index contributed by atoms with van der Waals surface area (Å²) < 4.78 is 5.22. The lowest BCUT2D eigenvalue weighted by atomic mass is 10.3. The summed E-state index contributed by atoms with van der Waals surface area (Å²) in [5, 5.41) is 8.69. The first-order valence-electron chi connectivity index (χ1n) is 3.27. The molecule has 0 amide bonds. The molecule has 1 unspecified atom stereocenters. The van der Waals surface area contributed by atoms with Gasteiger partial charge in [0.1, 0.15) is 6.23 Å². The fraction of sp³-hybridized carbons (Fsp3) is 1.00. The number of hydrogen-bond acceptors (Lipinski definition) is 3. The molecule has 0 radical (unpaired) electrons. The Kier molecular flexibility index (Phi) is 2.45. The van der Waals surface area contributed by atoms with Gasteiger partial charge in [0, 0.05) is 6.54 Å². The molecule has 0 aromatic heterocycles. The Morgan fingerprint density at radius 2 is 2.56 bits per heavy atom. The van der Waals surface area contributed by atoms with E-state index in [0.29, 0.717) is 0 Å². The molecule has 0 saturated carbocycles. The molecule has 1 rings (SSSR count). The standard InChI is InChI=1S/C6H13NO2/c1-7-3-2-4-9-6(7)5-8/h6,8H,2-5H2,1H3. The van der Waals surface area contributed by atoms with Gasteiger partial charge >= 0.3 is 0 Å². The minimum atomic E-state index is -0.0567. The summed E-state index contributed by atoms with van der Waals surface area (Å²) in [7, 11) is 1.96. The third-order valence-corrected chi connectivity index (χ3v) is 1.61. The molecular formula is C6H13NO2. The molecule has 1 aliphatic heterocycles. The molecule has 1 heterocycles. The average molecular weight is 131 g/mol. The molecule has 1 saturated heterocycles. The van der Waals surface area contributed by atoms with Crippen LogP contribution in [0.4, 0.5) is 0 Å². The third kappa shape index (κ3) is 1.64. The first-order valence-corrected chi connectivity index (χ1v) is 3.27. The first-order chi connectivity index (χ1) is 4.34. The topological polar surface area (TPSA) is 32.7 Å². The van der Waals surface area contributed by atoms with E-state index in [1.165, 1.54) is 0 Å². The maximum Gasteiger partial charge on any atom is 0.133 e. The van der Waals surface area contributed by atoms with Crippen LogP contribution < -0.4 is 0 Å². The SMILES string of the molecule is CN1CCCOC1CO. The molecule has 54 valence electrons. The zero-order valence-electron chi connectivity index (χ0n) is 5.71. The fourth-order valence-corrected chi connectivity index (χ4v) is 0.997. The van der Waals surface area contributed by atoms with Crippen LogP contribution in [-0.2, 0) is 4.74 Å². The van der Waals surface area contributed by atoms with Gasteiger partial charge in [-0.2, -0.15) is 0 Å². The van der Waals surface area contributed by atoms with E-state index < -0.39 is 0 Å². The largest absolute Gasteiger partial charge is 0.392 e. The van der Waals surface area contributed by atoms with Crippen molar-refractivity contribution in [2.75, 3.05) is 26.8 Å². The zero-order valence-corrected chi connectivity index (χ0v) is 5.71. The third-order valence-electron chi connectivity index (χ3n) is 1.61. The molecule has 1 fully saturated rings. The Morgan fingerprint density at radius 1 is 1.78 bits per heavy atom. The van der Waals surface area contributed by atoms with Crippen LogP contribution >= 0.6 is 0 Å². The fourth-order valence-electron chi connectivity index (χ4n) is 0.997. The molecule has 3 nitrogen and oxygen atoms in total. The minimum Gasteiger partial charge on any atom is -0.392 e. The zero-order chi connectivity index (χ0) is 6.69. The lowest BCUT2D eigenvalue weighted by Crippen LogP contribution is -2.42. The highest BCUT2D eigenvalue weighted by atomic mass is 16.5. The van der Waals surface area contributed by atoms with Crippen LogP contribution in [0.5, 0.6) is 0 Å². The molecule has 0 aromatic carbocycles. The van der Waals surface area contributed by atoms with Crippen molar-refractivity contribution in [1.29, 1.82) is 0 Å². The van der Waals surface area contributed by atoms with Gasteiger partial charge in [-0.1, -0.05) is 0 Å². The number of nitrogens with zero attached hydrogens (tertiary/aromatic N) is 1. The molecule has 0 aromatic rings. The van der Waals surface area contributed by atoms with Crippen LogP contribution in [0.1, 0.15) is 6.42 Å². The minimum absolute atomic E-state index is 0.0567. The Balaban J connectivity index is 2.30. The Hall–Kier alpha value is -0.120. The Morgan fingerprint density at radius 3 is 3.00 bits per heavy atom. The van der Waals surface area contributed by atoms with E-state index in [0.717, 1.165) is 19.6 Å². The lowest BCUT2D eigenvalue weighted by molar-refractivity contribution is -0.106. The number of likely N-dealkylation sites (N-methyl/N-ethyl adjacent to an activating group) is 1. The van der Waals surface area contributed by atoms with Gasteiger partial charge in [-0.15, -0.1) is 0 Å². The van der Waals surface area contributed by atoms with E-state index in [9.17, 15) is 0 Å². The van der Waals surface area contributed by atoms with Gasteiger partial charge in [0.2, 0.25) is 0 Å². The number of hydrogen-bond donors (Lipinski definition) is 1. The quantitative estimate of drug-likeness (QED) is 0.528. The van der Waals surface area contributed by atoms with Crippen molar-refractivity contribution in [3.8, 4) is 0 Å². The van der Waals surface area contributed by atoms with E-state index in [-0.39, 0.29) is 12.8 Å². The molecule has 0 spiro atoms. The summed E-state index contributed by atoms with van der Waals surface area (Å²) in [5.74, 6) is 0. The van der Waals surface area contributed by atoms with E-state index in [4.69, 9.17) is 9.84 Å². The van der Waals surface area contributed by atoms with Gasteiger partial charge in [0.05, 0.1) is 13.2 Å². The Bertz CT molecular complexity index is 87.1. The molecule has 9 heavy (non-hydrogen) atoms. The molecular weight excluding hydrogens is 118 g/mol. The summed E-state index contributed by atoms with van der Waals surface area (Å²) in [6.45, 7) is 1.93. The highest BCUT2D eigenvalue weighted by Gasteiger charge is 2.17. The van der Waals surface area contributed by atoms with E-state index in [2.05, 4.69) is 0 Å². The smallest absolute Gasteiger partial charge is 0.133 e. The van der Waals surface area contributed by atoms with E-state index in [1.807, 2.05) is 11.9 Å². The molecule has 1 atom stereocenters. The maximum atomic E-state index is 8.69. The van der Waals surface area contributed by atoms with Crippen molar-refractivity contribution in [3.63, 3.8) is 0 Å². The Labute approximate surface area is 55.2 Å². The van der Waals surface area contributed by atoms with Crippen molar-refractivity contribution in [1.82, 2.24) is 4.90 Å². The summed E-state index contributed by atoms with van der Waals surface area (Å²) in [5.41, 5.74) is 0. The lowest BCUT2D eigenvalue weighted by Gasteiger charge is -2.30. The van der Waals surface area contributed by atoms with Crippen LogP contribution in [-0.4, -0.2) is 43.0 Å². The molecule has 3 heteroatoms. The van der Waals surface area contributed by atoms with Gasteiger partial charge in [0.25, 0.3) is 0 Å². The monoisotopic (exact) mass is 131 g/mol. The second kappa shape index (κ2) is 3.15. The predicted octanol–water partition coefficient (Wildman–Crippen LogP) is -0.343. The summed E-state index contributed by atoms with van der Waals surface area (Å²) in [6, 6.07) is 0. The van der Waals surface area contributed by atoms with Crippen molar-refractivity contribution < 1.29 is 9.84 Å². The average Bonchev–Trinajstić information content (AvgIpc) is 1.89. The number of aliphatic hydroxyl groups excluding tert-OH is 1. The maximum absolute atomic E-state index is 8.69. The van der Waals surface area contributed by atoms with E-state index in [1.54, 1.807) is 0 Å². The number of rotatable bonds is 1. The molecule has 1 aliphatic rings. The second-order valence-electron chi connectivity index (χ2n) is 2.34. The summed E-state index contributed by atoms with van der Waals surface area (Å²) in [4.78, 5) is 2.02. The normalized spacial score (nSPS) is 30.7. The number of aliphatic hydroxyl groups is 1. The van der Waals surface area contributed by atoms with Gasteiger partial charge in [-0.25, -0.2) is 0 Å². The first kappa shape index (κ1) is 6.99. The predicted molar refractivity (Wildman–Crippen MR) is 34.1 cm³/mol. The van der Waals surface area contributed by atoms with Crippen LogP contribution in [0.2, 0.25) is 0 Å². The highest BCUT2D eigenvalue weighted by Crippen LogP contribution is 2.05. The summed E-state index contributed by atoms with van der Waals surface area (Å²) in [6.07, 6.45) is 1.02. The van der Waals surface area contributed by atoms with Crippen molar-refractivity contribution >= 4 is 0 Å². The van der Waals surface area contributed by atoms with Crippen molar-refractivity contribution in [2.45, 2.75) is 12.6 Å². The van der Waals surface area contributed by atoms with Gasteiger partial charge < -0.3 is 9.84 Å². The molecule has 1 N–H and O–H groups in total. The van der Waals surface area contributed by atoms with Crippen LogP contribution in [0.15, 0.2) is 0 Å².